The second kappa shape index (κ2) is 5.69. The van der Waals surface area contributed by atoms with E-state index >= 15 is 0 Å². The van der Waals surface area contributed by atoms with E-state index in [1.54, 1.807) is 7.11 Å². The molecular weight excluding hydrogens is 222 g/mol. The molecule has 2 aromatic rings. The van der Waals surface area contributed by atoms with Crippen LogP contribution in [0.5, 0.6) is 5.75 Å². The van der Waals surface area contributed by atoms with E-state index in [2.05, 4.69) is 49.3 Å². The summed E-state index contributed by atoms with van der Waals surface area (Å²) < 4.78 is 5.45. The summed E-state index contributed by atoms with van der Waals surface area (Å²) in [5.41, 5.74) is 3.70. The van der Waals surface area contributed by atoms with Crippen LogP contribution in [0.3, 0.4) is 0 Å². The molecule has 0 fully saturated rings. The minimum Gasteiger partial charge on any atom is -0.496 e. The SMILES string of the molecule is COc1ccccc1-c1ccccc1CN(C)C. The molecule has 0 spiro atoms. The third-order valence-corrected chi connectivity index (χ3v) is 2.90. The normalized spacial score (nSPS) is 10.7. The molecule has 0 unspecified atom stereocenters. The second-order valence-electron chi connectivity index (χ2n) is 4.60. The molecule has 0 saturated heterocycles. The van der Waals surface area contributed by atoms with Gasteiger partial charge >= 0.3 is 0 Å². The molecule has 2 nitrogen and oxygen atoms in total. The lowest BCUT2D eigenvalue weighted by Crippen LogP contribution is -2.11. The van der Waals surface area contributed by atoms with Crippen molar-refractivity contribution < 1.29 is 4.74 Å². The summed E-state index contributed by atoms with van der Waals surface area (Å²) in [5.74, 6) is 0.920. The van der Waals surface area contributed by atoms with Gasteiger partial charge in [-0.25, -0.2) is 0 Å². The van der Waals surface area contributed by atoms with Crippen LogP contribution in [0.4, 0.5) is 0 Å². The molecule has 0 aliphatic heterocycles. The highest BCUT2D eigenvalue weighted by molar-refractivity contribution is 5.73. The highest BCUT2D eigenvalue weighted by Gasteiger charge is 2.09. The molecule has 0 aliphatic rings. The van der Waals surface area contributed by atoms with Gasteiger partial charge in [-0.2, -0.15) is 0 Å². The Hall–Kier alpha value is -1.80. The average molecular weight is 241 g/mol. The zero-order valence-electron chi connectivity index (χ0n) is 11.2. The van der Waals surface area contributed by atoms with Crippen LogP contribution in [0, 0.1) is 0 Å². The van der Waals surface area contributed by atoms with Crippen molar-refractivity contribution in [2.75, 3.05) is 21.2 Å². The number of hydrogen-bond acceptors (Lipinski definition) is 2. The molecule has 0 atom stereocenters. The van der Waals surface area contributed by atoms with Crippen LogP contribution < -0.4 is 4.74 Å². The molecule has 94 valence electrons. The average Bonchev–Trinajstić information content (AvgIpc) is 2.39. The molecule has 0 amide bonds. The van der Waals surface area contributed by atoms with Gasteiger partial charge in [-0.1, -0.05) is 42.5 Å². The molecular formula is C16H19NO. The summed E-state index contributed by atoms with van der Waals surface area (Å²) in [6.07, 6.45) is 0. The molecule has 2 heteroatoms. The van der Waals surface area contributed by atoms with E-state index in [0.717, 1.165) is 17.9 Å². The molecule has 0 radical (unpaired) electrons. The number of methoxy groups -OCH3 is 1. The fourth-order valence-corrected chi connectivity index (χ4v) is 2.13. The van der Waals surface area contributed by atoms with Crippen LogP contribution in [0.1, 0.15) is 5.56 Å². The highest BCUT2D eigenvalue weighted by Crippen LogP contribution is 2.32. The van der Waals surface area contributed by atoms with Gasteiger partial charge in [-0.15, -0.1) is 0 Å². The molecule has 0 bridgehead atoms. The summed E-state index contributed by atoms with van der Waals surface area (Å²) >= 11 is 0. The maximum Gasteiger partial charge on any atom is 0.126 e. The number of hydrogen-bond donors (Lipinski definition) is 0. The van der Waals surface area contributed by atoms with Crippen molar-refractivity contribution in [2.24, 2.45) is 0 Å². The maximum absolute atomic E-state index is 5.45. The predicted octanol–water partition coefficient (Wildman–Crippen LogP) is 3.42. The molecule has 0 N–H and O–H groups in total. The Morgan fingerprint density at radius 2 is 1.50 bits per heavy atom. The van der Waals surface area contributed by atoms with Crippen LogP contribution in [-0.2, 0) is 6.54 Å². The minimum absolute atomic E-state index is 0.920. The molecule has 0 heterocycles. The van der Waals surface area contributed by atoms with Crippen LogP contribution in [-0.4, -0.2) is 26.1 Å². The lowest BCUT2D eigenvalue weighted by atomic mass is 9.98. The second-order valence-corrected chi connectivity index (χ2v) is 4.60. The number of benzene rings is 2. The number of rotatable bonds is 4. The zero-order valence-corrected chi connectivity index (χ0v) is 11.2. The summed E-state index contributed by atoms with van der Waals surface area (Å²) in [7, 11) is 5.88. The van der Waals surface area contributed by atoms with E-state index in [1.807, 2.05) is 18.2 Å². The van der Waals surface area contributed by atoms with Gasteiger partial charge in [0.05, 0.1) is 7.11 Å². The van der Waals surface area contributed by atoms with E-state index in [0.29, 0.717) is 0 Å². The first-order valence-electron chi connectivity index (χ1n) is 6.08. The predicted molar refractivity (Wildman–Crippen MR) is 75.8 cm³/mol. The largest absolute Gasteiger partial charge is 0.496 e. The van der Waals surface area contributed by atoms with Crippen molar-refractivity contribution in [1.29, 1.82) is 0 Å². The number of para-hydroxylation sites is 1. The molecule has 2 rings (SSSR count). The van der Waals surface area contributed by atoms with Crippen LogP contribution >= 0.6 is 0 Å². The van der Waals surface area contributed by atoms with Crippen molar-refractivity contribution in [3.8, 4) is 16.9 Å². The van der Waals surface area contributed by atoms with Crippen molar-refractivity contribution in [1.82, 2.24) is 4.90 Å². The molecule has 0 aliphatic carbocycles. The van der Waals surface area contributed by atoms with Gasteiger partial charge in [0.2, 0.25) is 0 Å². The summed E-state index contributed by atoms with van der Waals surface area (Å²) in [4.78, 5) is 2.17. The fourth-order valence-electron chi connectivity index (χ4n) is 2.13. The standard InChI is InChI=1S/C16H19NO/c1-17(2)12-13-8-4-5-9-14(13)15-10-6-7-11-16(15)18-3/h4-11H,12H2,1-3H3. The van der Waals surface area contributed by atoms with E-state index in [-0.39, 0.29) is 0 Å². The van der Waals surface area contributed by atoms with E-state index in [1.165, 1.54) is 11.1 Å². The first-order valence-corrected chi connectivity index (χ1v) is 6.08. The van der Waals surface area contributed by atoms with Gasteiger partial charge in [0.25, 0.3) is 0 Å². The Bertz CT molecular complexity index is 520. The van der Waals surface area contributed by atoms with Gasteiger partial charge in [0, 0.05) is 12.1 Å². The van der Waals surface area contributed by atoms with Gasteiger partial charge < -0.3 is 9.64 Å². The van der Waals surface area contributed by atoms with Crippen molar-refractivity contribution in [3.63, 3.8) is 0 Å². The number of ether oxygens (including phenoxy) is 1. The minimum atomic E-state index is 0.920. The maximum atomic E-state index is 5.45. The van der Waals surface area contributed by atoms with Crippen molar-refractivity contribution in [3.05, 3.63) is 54.1 Å². The Morgan fingerprint density at radius 3 is 2.17 bits per heavy atom. The van der Waals surface area contributed by atoms with Crippen LogP contribution in [0.2, 0.25) is 0 Å². The van der Waals surface area contributed by atoms with Crippen molar-refractivity contribution >= 4 is 0 Å². The van der Waals surface area contributed by atoms with Crippen molar-refractivity contribution in [2.45, 2.75) is 6.54 Å². The van der Waals surface area contributed by atoms with Gasteiger partial charge in [0.15, 0.2) is 0 Å². The number of nitrogens with zero attached hydrogens (tertiary/aromatic N) is 1. The third-order valence-electron chi connectivity index (χ3n) is 2.90. The first kappa shape index (κ1) is 12.7. The molecule has 0 aromatic heterocycles. The van der Waals surface area contributed by atoms with E-state index < -0.39 is 0 Å². The molecule has 0 saturated carbocycles. The Labute approximate surface area is 109 Å². The third kappa shape index (κ3) is 2.71. The zero-order chi connectivity index (χ0) is 13.0. The lowest BCUT2D eigenvalue weighted by Gasteiger charge is -2.16. The molecule has 18 heavy (non-hydrogen) atoms. The van der Waals surface area contributed by atoms with Gasteiger partial charge in [-0.05, 0) is 31.3 Å². The quantitative estimate of drug-likeness (QED) is 0.813. The monoisotopic (exact) mass is 241 g/mol. The highest BCUT2D eigenvalue weighted by atomic mass is 16.5. The molecule has 2 aromatic carbocycles. The van der Waals surface area contributed by atoms with E-state index in [4.69, 9.17) is 4.74 Å². The van der Waals surface area contributed by atoms with E-state index in [9.17, 15) is 0 Å². The van der Waals surface area contributed by atoms with Gasteiger partial charge in [0.1, 0.15) is 5.75 Å². The first-order chi connectivity index (χ1) is 8.72. The Balaban J connectivity index is 2.49. The topological polar surface area (TPSA) is 12.5 Å². The summed E-state index contributed by atoms with van der Waals surface area (Å²) in [5, 5.41) is 0. The Kier molecular flexibility index (Phi) is 4.00. The van der Waals surface area contributed by atoms with Crippen LogP contribution in [0.25, 0.3) is 11.1 Å². The Morgan fingerprint density at radius 1 is 0.889 bits per heavy atom. The van der Waals surface area contributed by atoms with Crippen LogP contribution in [0.15, 0.2) is 48.5 Å². The summed E-state index contributed by atoms with van der Waals surface area (Å²) in [6.45, 7) is 0.925. The smallest absolute Gasteiger partial charge is 0.126 e. The lowest BCUT2D eigenvalue weighted by molar-refractivity contribution is 0.402. The fraction of sp³-hybridized carbons (Fsp3) is 0.250. The summed E-state index contributed by atoms with van der Waals surface area (Å²) in [6, 6.07) is 16.6. The van der Waals surface area contributed by atoms with Gasteiger partial charge in [-0.3, -0.25) is 0 Å².